The van der Waals surface area contributed by atoms with Gasteiger partial charge in [-0.25, -0.2) is 0 Å². The number of anilines is 1. The van der Waals surface area contributed by atoms with E-state index in [2.05, 4.69) is 10.4 Å². The molecule has 0 atom stereocenters. The Kier molecular flexibility index (Phi) is 4.54. The number of methoxy groups -OCH3 is 1. The van der Waals surface area contributed by atoms with Crippen molar-refractivity contribution >= 4 is 11.4 Å². The quantitative estimate of drug-likeness (QED) is 0.476. The molecule has 0 aliphatic heterocycles. The maximum atomic E-state index is 11.1. The molecule has 0 saturated heterocycles. The number of nitrogens with zero attached hydrogens (tertiary/aromatic N) is 3. The molecule has 20 heavy (non-hydrogen) atoms. The molecule has 0 unspecified atom stereocenters. The van der Waals surface area contributed by atoms with E-state index in [1.807, 2.05) is 16.9 Å². The molecule has 7 heteroatoms. The number of benzene rings is 1. The number of rotatable bonds is 7. The van der Waals surface area contributed by atoms with E-state index in [1.165, 1.54) is 7.11 Å². The summed E-state index contributed by atoms with van der Waals surface area (Å²) in [6.07, 6.45) is 4.42. The van der Waals surface area contributed by atoms with Crippen LogP contribution in [0.15, 0.2) is 36.7 Å². The van der Waals surface area contributed by atoms with Crippen LogP contribution in [0.5, 0.6) is 5.75 Å². The fourth-order valence-corrected chi connectivity index (χ4v) is 1.91. The highest BCUT2D eigenvalue weighted by atomic mass is 16.6. The Balaban J connectivity index is 1.96. The monoisotopic (exact) mass is 276 g/mol. The van der Waals surface area contributed by atoms with Crippen LogP contribution in [0.4, 0.5) is 11.4 Å². The summed E-state index contributed by atoms with van der Waals surface area (Å²) in [5.41, 5.74) is 0.434. The van der Waals surface area contributed by atoms with E-state index in [9.17, 15) is 10.1 Å². The predicted octanol–water partition coefficient (Wildman–Crippen LogP) is 2.30. The average Bonchev–Trinajstić information content (AvgIpc) is 2.96. The van der Waals surface area contributed by atoms with Gasteiger partial charge in [-0.2, -0.15) is 5.10 Å². The first kappa shape index (κ1) is 13.9. The van der Waals surface area contributed by atoms with E-state index < -0.39 is 4.92 Å². The Hall–Kier alpha value is -2.57. The lowest BCUT2D eigenvalue weighted by molar-refractivity contribution is -0.384. The summed E-state index contributed by atoms with van der Waals surface area (Å²) >= 11 is 0. The molecule has 1 aromatic heterocycles. The average molecular weight is 276 g/mol. The number of nitrogens with one attached hydrogen (secondary N) is 1. The Morgan fingerprint density at radius 2 is 2.30 bits per heavy atom. The van der Waals surface area contributed by atoms with Gasteiger partial charge in [-0.05, 0) is 24.6 Å². The van der Waals surface area contributed by atoms with Crippen LogP contribution in [0, 0.1) is 10.1 Å². The van der Waals surface area contributed by atoms with Crippen LogP contribution in [-0.2, 0) is 6.54 Å². The van der Waals surface area contributed by atoms with Crippen molar-refractivity contribution in [1.82, 2.24) is 9.78 Å². The van der Waals surface area contributed by atoms with Gasteiger partial charge in [0, 0.05) is 25.5 Å². The first-order valence-corrected chi connectivity index (χ1v) is 6.25. The second-order valence-corrected chi connectivity index (χ2v) is 4.16. The molecule has 0 spiro atoms. The van der Waals surface area contributed by atoms with Gasteiger partial charge in [-0.15, -0.1) is 0 Å². The van der Waals surface area contributed by atoms with E-state index in [-0.39, 0.29) is 11.4 Å². The summed E-state index contributed by atoms with van der Waals surface area (Å²) in [4.78, 5) is 10.7. The molecule has 0 saturated carbocycles. The van der Waals surface area contributed by atoms with Crippen LogP contribution in [-0.4, -0.2) is 28.4 Å². The number of nitro groups is 1. The highest BCUT2D eigenvalue weighted by Crippen LogP contribution is 2.34. The summed E-state index contributed by atoms with van der Waals surface area (Å²) in [6.45, 7) is 1.38. The standard InChI is InChI=1S/C13H16N4O3/c1-20-12-6-2-5-11(13(12)17(18)19)14-7-3-9-16-10-4-8-15-16/h2,4-6,8,10,14H,3,7,9H2,1H3. The molecule has 2 aromatic rings. The van der Waals surface area contributed by atoms with Crippen molar-refractivity contribution in [2.45, 2.75) is 13.0 Å². The summed E-state index contributed by atoms with van der Waals surface area (Å²) < 4.78 is 6.84. The molecule has 1 heterocycles. The number of nitro benzene ring substituents is 1. The van der Waals surface area contributed by atoms with Gasteiger partial charge >= 0.3 is 5.69 Å². The number of ether oxygens (including phenoxy) is 1. The number of aryl methyl sites for hydroxylation is 1. The largest absolute Gasteiger partial charge is 0.490 e. The van der Waals surface area contributed by atoms with Crippen LogP contribution < -0.4 is 10.1 Å². The van der Waals surface area contributed by atoms with Crippen molar-refractivity contribution in [3.8, 4) is 5.75 Å². The van der Waals surface area contributed by atoms with Gasteiger partial charge in [0.15, 0.2) is 5.75 Å². The minimum atomic E-state index is -0.436. The predicted molar refractivity (Wildman–Crippen MR) is 75.0 cm³/mol. The zero-order chi connectivity index (χ0) is 14.4. The first-order chi connectivity index (χ1) is 9.72. The van der Waals surface area contributed by atoms with Crippen LogP contribution >= 0.6 is 0 Å². The number of aromatic nitrogens is 2. The van der Waals surface area contributed by atoms with E-state index in [0.29, 0.717) is 12.2 Å². The van der Waals surface area contributed by atoms with Crippen molar-refractivity contribution in [2.24, 2.45) is 0 Å². The molecule has 7 nitrogen and oxygen atoms in total. The van der Waals surface area contributed by atoms with Gasteiger partial charge in [0.1, 0.15) is 5.69 Å². The fraction of sp³-hybridized carbons (Fsp3) is 0.308. The maximum absolute atomic E-state index is 11.1. The van der Waals surface area contributed by atoms with E-state index >= 15 is 0 Å². The number of hydrogen-bond donors (Lipinski definition) is 1. The van der Waals surface area contributed by atoms with E-state index in [1.54, 1.807) is 24.4 Å². The van der Waals surface area contributed by atoms with Crippen LogP contribution in [0.1, 0.15) is 6.42 Å². The molecule has 0 aliphatic carbocycles. The van der Waals surface area contributed by atoms with Gasteiger partial charge in [0.25, 0.3) is 0 Å². The Bertz CT molecular complexity index is 569. The Labute approximate surface area is 116 Å². The minimum absolute atomic E-state index is 0.0333. The highest BCUT2D eigenvalue weighted by molar-refractivity contribution is 5.68. The summed E-state index contributed by atoms with van der Waals surface area (Å²) in [7, 11) is 1.42. The lowest BCUT2D eigenvalue weighted by atomic mass is 10.2. The molecule has 2 rings (SSSR count). The lowest BCUT2D eigenvalue weighted by Gasteiger charge is -2.09. The molecule has 1 aromatic carbocycles. The topological polar surface area (TPSA) is 82.2 Å². The van der Waals surface area contributed by atoms with Crippen molar-refractivity contribution < 1.29 is 9.66 Å². The minimum Gasteiger partial charge on any atom is -0.490 e. The van der Waals surface area contributed by atoms with Gasteiger partial charge in [0.05, 0.1) is 12.0 Å². The second kappa shape index (κ2) is 6.55. The molecule has 1 N–H and O–H groups in total. The highest BCUT2D eigenvalue weighted by Gasteiger charge is 2.19. The van der Waals surface area contributed by atoms with Crippen molar-refractivity contribution in [1.29, 1.82) is 0 Å². The van der Waals surface area contributed by atoms with Crippen LogP contribution in [0.2, 0.25) is 0 Å². The van der Waals surface area contributed by atoms with E-state index in [0.717, 1.165) is 13.0 Å². The summed E-state index contributed by atoms with van der Waals surface area (Å²) in [5.74, 6) is 0.257. The van der Waals surface area contributed by atoms with Crippen LogP contribution in [0.3, 0.4) is 0 Å². The third kappa shape index (κ3) is 3.25. The normalized spacial score (nSPS) is 10.2. The Morgan fingerprint density at radius 3 is 2.95 bits per heavy atom. The first-order valence-electron chi connectivity index (χ1n) is 6.25. The molecule has 0 fully saturated rings. The zero-order valence-corrected chi connectivity index (χ0v) is 11.2. The molecule has 0 bridgehead atoms. The van der Waals surface area contributed by atoms with Crippen molar-refractivity contribution in [2.75, 3.05) is 19.0 Å². The SMILES string of the molecule is COc1cccc(NCCCn2cccn2)c1[N+](=O)[O-]. The van der Waals surface area contributed by atoms with Crippen molar-refractivity contribution in [3.05, 3.63) is 46.8 Å². The second-order valence-electron chi connectivity index (χ2n) is 4.16. The van der Waals surface area contributed by atoms with Crippen LogP contribution in [0.25, 0.3) is 0 Å². The maximum Gasteiger partial charge on any atom is 0.333 e. The zero-order valence-electron chi connectivity index (χ0n) is 11.2. The third-order valence-electron chi connectivity index (χ3n) is 2.84. The number of hydrogen-bond acceptors (Lipinski definition) is 5. The van der Waals surface area contributed by atoms with Gasteiger partial charge < -0.3 is 10.1 Å². The third-order valence-corrected chi connectivity index (χ3v) is 2.84. The van der Waals surface area contributed by atoms with E-state index in [4.69, 9.17) is 4.74 Å². The molecular weight excluding hydrogens is 260 g/mol. The molecule has 0 amide bonds. The van der Waals surface area contributed by atoms with Gasteiger partial charge in [-0.1, -0.05) is 6.07 Å². The molecular formula is C13H16N4O3. The van der Waals surface area contributed by atoms with Gasteiger partial charge in [0.2, 0.25) is 0 Å². The molecule has 106 valence electrons. The van der Waals surface area contributed by atoms with Gasteiger partial charge in [-0.3, -0.25) is 14.8 Å². The Morgan fingerprint density at radius 1 is 1.45 bits per heavy atom. The molecule has 0 radical (unpaired) electrons. The number of para-hydroxylation sites is 1. The molecule has 0 aliphatic rings. The summed E-state index contributed by atoms with van der Waals surface area (Å²) in [5, 5.41) is 18.3. The fourth-order valence-electron chi connectivity index (χ4n) is 1.91. The lowest BCUT2D eigenvalue weighted by Crippen LogP contribution is -2.08. The summed E-state index contributed by atoms with van der Waals surface area (Å²) in [6, 6.07) is 6.84. The smallest absolute Gasteiger partial charge is 0.333 e. The van der Waals surface area contributed by atoms with Crippen molar-refractivity contribution in [3.63, 3.8) is 0 Å².